The highest BCUT2D eigenvalue weighted by molar-refractivity contribution is 6.00. The minimum Gasteiger partial charge on any atom is -0.355 e. The third-order valence-electron chi connectivity index (χ3n) is 4.91. The number of nitrogens with zero attached hydrogens (tertiary/aromatic N) is 1. The van der Waals surface area contributed by atoms with Gasteiger partial charge in [-0.1, -0.05) is 42.0 Å². The SMILES string of the molecule is CC(C)=CCN1CCC(NC(=O)c2ccccc2Nc2ccccc2)CC1. The fraction of sp³-hybridized carbons (Fsp3) is 0.348. The molecule has 1 aliphatic heterocycles. The molecule has 1 fully saturated rings. The van der Waals surface area contributed by atoms with Gasteiger partial charge in [-0.25, -0.2) is 0 Å². The van der Waals surface area contributed by atoms with Crippen LogP contribution in [0.2, 0.25) is 0 Å². The van der Waals surface area contributed by atoms with Crippen LogP contribution in [0, 0.1) is 0 Å². The molecule has 2 N–H and O–H groups in total. The van der Waals surface area contributed by atoms with E-state index in [2.05, 4.69) is 35.5 Å². The van der Waals surface area contributed by atoms with Gasteiger partial charge in [0.2, 0.25) is 0 Å². The molecule has 27 heavy (non-hydrogen) atoms. The summed E-state index contributed by atoms with van der Waals surface area (Å²) in [7, 11) is 0. The maximum absolute atomic E-state index is 12.8. The summed E-state index contributed by atoms with van der Waals surface area (Å²) in [6.45, 7) is 7.33. The highest BCUT2D eigenvalue weighted by Gasteiger charge is 2.21. The number of hydrogen-bond acceptors (Lipinski definition) is 3. The second kappa shape index (κ2) is 9.38. The molecule has 1 heterocycles. The van der Waals surface area contributed by atoms with E-state index in [-0.39, 0.29) is 11.9 Å². The van der Waals surface area contributed by atoms with Crippen LogP contribution in [-0.4, -0.2) is 36.5 Å². The highest BCUT2D eigenvalue weighted by atomic mass is 16.1. The zero-order valence-electron chi connectivity index (χ0n) is 16.2. The Bertz CT molecular complexity index is 773. The van der Waals surface area contributed by atoms with E-state index < -0.39 is 0 Å². The van der Waals surface area contributed by atoms with Gasteiger partial charge in [-0.05, 0) is 51.0 Å². The molecule has 1 amide bonds. The smallest absolute Gasteiger partial charge is 0.253 e. The van der Waals surface area contributed by atoms with E-state index in [1.54, 1.807) is 0 Å². The van der Waals surface area contributed by atoms with Crippen LogP contribution in [-0.2, 0) is 0 Å². The van der Waals surface area contributed by atoms with Gasteiger partial charge in [0.25, 0.3) is 5.91 Å². The quantitative estimate of drug-likeness (QED) is 0.738. The van der Waals surface area contributed by atoms with E-state index >= 15 is 0 Å². The summed E-state index contributed by atoms with van der Waals surface area (Å²) in [5.41, 5.74) is 3.86. The van der Waals surface area contributed by atoms with Crippen molar-refractivity contribution in [3.05, 3.63) is 71.8 Å². The van der Waals surface area contributed by atoms with E-state index in [9.17, 15) is 4.79 Å². The first kappa shape index (κ1) is 19.2. The Morgan fingerprint density at radius 2 is 1.70 bits per heavy atom. The first-order valence-corrected chi connectivity index (χ1v) is 9.69. The number of rotatable bonds is 6. The lowest BCUT2D eigenvalue weighted by Gasteiger charge is -2.31. The molecule has 2 aromatic rings. The summed E-state index contributed by atoms with van der Waals surface area (Å²) in [4.78, 5) is 15.3. The second-order valence-electron chi connectivity index (χ2n) is 7.37. The van der Waals surface area contributed by atoms with Crippen molar-refractivity contribution >= 4 is 17.3 Å². The first-order valence-electron chi connectivity index (χ1n) is 9.69. The molecule has 3 rings (SSSR count). The molecule has 0 spiro atoms. The van der Waals surface area contributed by atoms with E-state index in [1.165, 1.54) is 5.57 Å². The van der Waals surface area contributed by atoms with E-state index in [1.807, 2.05) is 54.6 Å². The van der Waals surface area contributed by atoms with Crippen molar-refractivity contribution in [2.75, 3.05) is 25.0 Å². The Hall–Kier alpha value is -2.59. The summed E-state index contributed by atoms with van der Waals surface area (Å²) in [5, 5.41) is 6.58. The molecule has 0 aromatic heterocycles. The van der Waals surface area contributed by atoms with Gasteiger partial charge >= 0.3 is 0 Å². The van der Waals surface area contributed by atoms with E-state index in [0.717, 1.165) is 43.9 Å². The number of carbonyl (C=O) groups excluding carboxylic acids is 1. The minimum absolute atomic E-state index is 0.00298. The summed E-state index contributed by atoms with van der Waals surface area (Å²) in [6.07, 6.45) is 4.26. The van der Waals surface area contributed by atoms with Crippen LogP contribution < -0.4 is 10.6 Å². The zero-order valence-corrected chi connectivity index (χ0v) is 16.2. The first-order chi connectivity index (χ1) is 13.1. The van der Waals surface area contributed by atoms with Gasteiger partial charge in [0.15, 0.2) is 0 Å². The van der Waals surface area contributed by atoms with Crippen LogP contribution in [0.4, 0.5) is 11.4 Å². The molecule has 142 valence electrons. The summed E-state index contributed by atoms with van der Waals surface area (Å²) < 4.78 is 0. The Kier molecular flexibility index (Phi) is 6.66. The van der Waals surface area contributed by atoms with E-state index in [0.29, 0.717) is 5.56 Å². The number of likely N-dealkylation sites (tertiary alicyclic amines) is 1. The normalized spacial score (nSPS) is 15.2. The summed E-state index contributed by atoms with van der Waals surface area (Å²) in [6, 6.07) is 17.9. The van der Waals surface area contributed by atoms with E-state index in [4.69, 9.17) is 0 Å². The molecular formula is C23H29N3O. The molecule has 0 aliphatic carbocycles. The number of piperidine rings is 1. The molecule has 0 saturated carbocycles. The van der Waals surface area contributed by atoms with Gasteiger partial charge in [0, 0.05) is 31.4 Å². The van der Waals surface area contributed by atoms with Gasteiger partial charge in [0.05, 0.1) is 11.3 Å². The van der Waals surface area contributed by atoms with Gasteiger partial charge in [-0.15, -0.1) is 0 Å². The lowest BCUT2D eigenvalue weighted by Crippen LogP contribution is -2.44. The third-order valence-corrected chi connectivity index (χ3v) is 4.91. The molecule has 1 aliphatic rings. The number of nitrogens with one attached hydrogen (secondary N) is 2. The van der Waals surface area contributed by atoms with Crippen molar-refractivity contribution in [3.63, 3.8) is 0 Å². The monoisotopic (exact) mass is 363 g/mol. The van der Waals surface area contributed by atoms with Gasteiger partial charge in [-0.3, -0.25) is 9.69 Å². The average Bonchev–Trinajstić information content (AvgIpc) is 2.68. The molecule has 0 bridgehead atoms. The van der Waals surface area contributed by atoms with Crippen LogP contribution in [0.1, 0.15) is 37.0 Å². The molecule has 4 heteroatoms. The van der Waals surface area contributed by atoms with Crippen molar-refractivity contribution in [1.82, 2.24) is 10.2 Å². The topological polar surface area (TPSA) is 44.4 Å². The summed E-state index contributed by atoms with van der Waals surface area (Å²) >= 11 is 0. The average molecular weight is 364 g/mol. The Balaban J connectivity index is 1.58. The van der Waals surface area contributed by atoms with Gasteiger partial charge in [0.1, 0.15) is 0 Å². The molecular weight excluding hydrogens is 334 g/mol. The van der Waals surface area contributed by atoms with Crippen LogP contribution in [0.5, 0.6) is 0 Å². The predicted octanol–water partition coefficient (Wildman–Crippen LogP) is 4.59. The molecule has 0 unspecified atom stereocenters. The molecule has 0 radical (unpaired) electrons. The number of amides is 1. The number of benzene rings is 2. The maximum Gasteiger partial charge on any atom is 0.253 e. The van der Waals surface area contributed by atoms with Crippen molar-refractivity contribution in [3.8, 4) is 0 Å². The van der Waals surface area contributed by atoms with Crippen LogP contribution in [0.3, 0.4) is 0 Å². The highest BCUT2D eigenvalue weighted by Crippen LogP contribution is 2.21. The molecule has 2 aromatic carbocycles. The van der Waals surface area contributed by atoms with Crippen molar-refractivity contribution in [2.24, 2.45) is 0 Å². The van der Waals surface area contributed by atoms with Crippen LogP contribution in [0.25, 0.3) is 0 Å². The van der Waals surface area contributed by atoms with Gasteiger partial charge in [-0.2, -0.15) is 0 Å². The largest absolute Gasteiger partial charge is 0.355 e. The molecule has 1 saturated heterocycles. The van der Waals surface area contributed by atoms with Crippen LogP contribution in [0.15, 0.2) is 66.2 Å². The predicted molar refractivity (Wildman–Crippen MR) is 113 cm³/mol. The molecule has 0 atom stereocenters. The lowest BCUT2D eigenvalue weighted by atomic mass is 10.0. The second-order valence-corrected chi connectivity index (χ2v) is 7.37. The third kappa shape index (κ3) is 5.69. The van der Waals surface area contributed by atoms with Crippen LogP contribution >= 0.6 is 0 Å². The van der Waals surface area contributed by atoms with Crippen molar-refractivity contribution in [1.29, 1.82) is 0 Å². The van der Waals surface area contributed by atoms with Crippen molar-refractivity contribution in [2.45, 2.75) is 32.7 Å². The Morgan fingerprint density at radius 1 is 1.04 bits per heavy atom. The number of hydrogen-bond donors (Lipinski definition) is 2. The maximum atomic E-state index is 12.8. The fourth-order valence-electron chi connectivity index (χ4n) is 3.30. The standard InChI is InChI=1S/C23H29N3O/c1-18(2)12-15-26-16-13-20(14-17-26)25-23(27)21-10-6-7-11-22(21)24-19-8-4-3-5-9-19/h3-12,20,24H,13-17H2,1-2H3,(H,25,27). The number of para-hydroxylation sites is 2. The van der Waals surface area contributed by atoms with Gasteiger partial charge < -0.3 is 10.6 Å². The van der Waals surface area contributed by atoms with Crippen molar-refractivity contribution < 1.29 is 4.79 Å². The number of anilines is 2. The number of allylic oxidation sites excluding steroid dienone is 1. The fourth-order valence-corrected chi connectivity index (χ4v) is 3.30. The zero-order chi connectivity index (χ0) is 19.1. The lowest BCUT2D eigenvalue weighted by molar-refractivity contribution is 0.0915. The summed E-state index contributed by atoms with van der Waals surface area (Å²) in [5.74, 6) is -0.00298. The Labute approximate surface area is 162 Å². The molecule has 4 nitrogen and oxygen atoms in total. The minimum atomic E-state index is -0.00298. The number of carbonyl (C=O) groups is 1. The Morgan fingerprint density at radius 3 is 2.41 bits per heavy atom.